The van der Waals surface area contributed by atoms with E-state index in [2.05, 4.69) is 13.8 Å². The Hall–Kier alpha value is -0.300. The van der Waals surface area contributed by atoms with Crippen molar-refractivity contribution in [3.63, 3.8) is 0 Å². The number of aliphatic hydroxyl groups excluding tert-OH is 1. The van der Waals surface area contributed by atoms with E-state index in [1.54, 1.807) is 5.57 Å². The van der Waals surface area contributed by atoms with Crippen LogP contribution in [0.2, 0.25) is 0 Å². The first-order valence-electron chi connectivity index (χ1n) is 4.07. The summed E-state index contributed by atoms with van der Waals surface area (Å²) in [7, 11) is 0. The molecule has 1 saturated carbocycles. The first-order valence-corrected chi connectivity index (χ1v) is 4.07. The molecule has 0 aromatic heterocycles. The topological polar surface area (TPSA) is 20.2 Å². The number of hydrogen-bond acceptors (Lipinski definition) is 1. The Morgan fingerprint density at radius 3 is 2.50 bits per heavy atom. The molecule has 0 saturated heterocycles. The second-order valence-corrected chi connectivity index (χ2v) is 3.64. The summed E-state index contributed by atoms with van der Waals surface area (Å²) in [4.78, 5) is 0. The minimum absolute atomic E-state index is 0.0197. The Balaban J connectivity index is 2.25. The van der Waals surface area contributed by atoms with Gasteiger partial charge in [0.2, 0.25) is 0 Å². The molecule has 0 amide bonds. The van der Waals surface area contributed by atoms with Crippen LogP contribution >= 0.6 is 0 Å². The van der Waals surface area contributed by atoms with E-state index in [4.69, 9.17) is 0 Å². The highest BCUT2D eigenvalue weighted by Crippen LogP contribution is 2.50. The van der Waals surface area contributed by atoms with Crippen LogP contribution in [0.5, 0.6) is 0 Å². The molecule has 0 heterocycles. The van der Waals surface area contributed by atoms with E-state index in [-0.39, 0.29) is 6.10 Å². The first-order chi connectivity index (χ1) is 4.72. The van der Waals surface area contributed by atoms with Crippen LogP contribution in [0.1, 0.15) is 26.7 Å². The number of hydrogen-bond donors (Lipinski definition) is 1. The molecule has 2 aliphatic rings. The van der Waals surface area contributed by atoms with Gasteiger partial charge in [-0.05, 0) is 32.6 Å². The van der Waals surface area contributed by atoms with E-state index in [1.165, 1.54) is 12.0 Å². The van der Waals surface area contributed by atoms with Crippen LogP contribution in [0, 0.1) is 11.8 Å². The van der Waals surface area contributed by atoms with Crippen molar-refractivity contribution in [2.45, 2.75) is 32.8 Å². The van der Waals surface area contributed by atoms with Gasteiger partial charge >= 0.3 is 0 Å². The highest BCUT2D eigenvalue weighted by Gasteiger charge is 2.44. The van der Waals surface area contributed by atoms with Gasteiger partial charge in [0, 0.05) is 5.92 Å². The Labute approximate surface area is 61.8 Å². The van der Waals surface area contributed by atoms with Crippen LogP contribution < -0.4 is 0 Å². The third-order valence-corrected chi connectivity index (χ3v) is 3.30. The van der Waals surface area contributed by atoms with Gasteiger partial charge in [-0.15, -0.1) is 0 Å². The third-order valence-electron chi connectivity index (χ3n) is 3.30. The highest BCUT2D eigenvalue weighted by atomic mass is 16.3. The number of aliphatic hydroxyl groups is 1. The summed E-state index contributed by atoms with van der Waals surface area (Å²) in [5.41, 5.74) is 3.00. The van der Waals surface area contributed by atoms with Crippen LogP contribution in [-0.2, 0) is 0 Å². The average Bonchev–Trinajstić information content (AvgIpc) is 2.27. The zero-order chi connectivity index (χ0) is 7.30. The van der Waals surface area contributed by atoms with E-state index in [0.717, 1.165) is 12.3 Å². The molecule has 2 rings (SSSR count). The lowest BCUT2D eigenvalue weighted by atomic mass is 9.71. The molecule has 0 bridgehead atoms. The molecule has 0 spiro atoms. The van der Waals surface area contributed by atoms with Gasteiger partial charge in [0.25, 0.3) is 0 Å². The standard InChI is InChI=1S/C9H14O/c1-5-6(2)9-7(5)3-4-8(9)10/h7-10H,3-4H2,1-2H3. The fraction of sp³-hybridized carbons (Fsp3) is 0.778. The number of rotatable bonds is 0. The zero-order valence-corrected chi connectivity index (χ0v) is 6.59. The van der Waals surface area contributed by atoms with E-state index >= 15 is 0 Å². The summed E-state index contributed by atoms with van der Waals surface area (Å²) in [6.45, 7) is 4.36. The van der Waals surface area contributed by atoms with Crippen molar-refractivity contribution < 1.29 is 5.11 Å². The summed E-state index contributed by atoms with van der Waals surface area (Å²) in [6, 6.07) is 0. The fourth-order valence-corrected chi connectivity index (χ4v) is 2.51. The molecule has 56 valence electrons. The summed E-state index contributed by atoms with van der Waals surface area (Å²) < 4.78 is 0. The van der Waals surface area contributed by atoms with E-state index in [9.17, 15) is 5.11 Å². The lowest BCUT2D eigenvalue weighted by Crippen LogP contribution is -2.30. The second-order valence-electron chi connectivity index (χ2n) is 3.64. The van der Waals surface area contributed by atoms with Gasteiger partial charge in [-0.25, -0.2) is 0 Å². The van der Waals surface area contributed by atoms with Gasteiger partial charge < -0.3 is 5.11 Å². The molecule has 1 heteroatoms. The smallest absolute Gasteiger partial charge is 0.0611 e. The van der Waals surface area contributed by atoms with Gasteiger partial charge in [-0.3, -0.25) is 0 Å². The van der Waals surface area contributed by atoms with Crippen molar-refractivity contribution in [2.75, 3.05) is 0 Å². The van der Waals surface area contributed by atoms with Crippen LogP contribution in [0.25, 0.3) is 0 Å². The predicted molar refractivity (Wildman–Crippen MR) is 40.6 cm³/mol. The first kappa shape index (κ1) is 6.41. The lowest BCUT2D eigenvalue weighted by Gasteiger charge is -2.35. The molecule has 0 aromatic rings. The molecule has 2 aliphatic carbocycles. The molecule has 1 N–H and O–H groups in total. The molecule has 3 unspecified atom stereocenters. The number of allylic oxidation sites excluding steroid dienone is 1. The minimum atomic E-state index is -0.0197. The van der Waals surface area contributed by atoms with Gasteiger partial charge in [-0.1, -0.05) is 11.1 Å². The zero-order valence-electron chi connectivity index (χ0n) is 6.59. The van der Waals surface area contributed by atoms with E-state index in [1.807, 2.05) is 0 Å². The molecule has 10 heavy (non-hydrogen) atoms. The van der Waals surface area contributed by atoms with Gasteiger partial charge in [0.1, 0.15) is 0 Å². The van der Waals surface area contributed by atoms with Crippen molar-refractivity contribution in [3.8, 4) is 0 Å². The fourth-order valence-electron chi connectivity index (χ4n) is 2.51. The number of fused-ring (bicyclic) bond motifs is 1. The summed E-state index contributed by atoms with van der Waals surface area (Å²) >= 11 is 0. The van der Waals surface area contributed by atoms with Crippen LogP contribution in [0.4, 0.5) is 0 Å². The monoisotopic (exact) mass is 138 g/mol. The van der Waals surface area contributed by atoms with E-state index in [0.29, 0.717) is 5.92 Å². The maximum Gasteiger partial charge on any atom is 0.0611 e. The SMILES string of the molecule is CC1=C(C)C2C(O)CCC12. The molecule has 3 atom stereocenters. The maximum absolute atomic E-state index is 9.47. The van der Waals surface area contributed by atoms with Crippen LogP contribution in [0.3, 0.4) is 0 Å². The molecule has 0 radical (unpaired) electrons. The lowest BCUT2D eigenvalue weighted by molar-refractivity contribution is 0.129. The Morgan fingerprint density at radius 2 is 1.90 bits per heavy atom. The van der Waals surface area contributed by atoms with Crippen molar-refractivity contribution in [2.24, 2.45) is 11.8 Å². The minimum Gasteiger partial charge on any atom is -0.392 e. The quantitative estimate of drug-likeness (QED) is 0.505. The van der Waals surface area contributed by atoms with Crippen molar-refractivity contribution in [1.29, 1.82) is 0 Å². The molecular formula is C9H14O. The van der Waals surface area contributed by atoms with Gasteiger partial charge in [-0.2, -0.15) is 0 Å². The van der Waals surface area contributed by atoms with Crippen molar-refractivity contribution in [3.05, 3.63) is 11.1 Å². The largest absolute Gasteiger partial charge is 0.392 e. The Kier molecular flexibility index (Phi) is 1.19. The molecule has 1 nitrogen and oxygen atoms in total. The molecular weight excluding hydrogens is 124 g/mol. The second kappa shape index (κ2) is 1.85. The average molecular weight is 138 g/mol. The molecule has 0 aromatic carbocycles. The van der Waals surface area contributed by atoms with Gasteiger partial charge in [0.15, 0.2) is 0 Å². The van der Waals surface area contributed by atoms with Gasteiger partial charge in [0.05, 0.1) is 6.10 Å². The maximum atomic E-state index is 9.47. The summed E-state index contributed by atoms with van der Waals surface area (Å²) in [5.74, 6) is 1.29. The molecule has 0 aliphatic heterocycles. The van der Waals surface area contributed by atoms with Crippen LogP contribution in [-0.4, -0.2) is 11.2 Å². The highest BCUT2D eigenvalue weighted by molar-refractivity contribution is 5.32. The normalized spacial score (nSPS) is 45.3. The van der Waals surface area contributed by atoms with Crippen LogP contribution in [0.15, 0.2) is 11.1 Å². The third kappa shape index (κ3) is 0.567. The summed E-state index contributed by atoms with van der Waals surface area (Å²) in [5, 5.41) is 9.47. The Morgan fingerprint density at radius 1 is 1.20 bits per heavy atom. The van der Waals surface area contributed by atoms with E-state index < -0.39 is 0 Å². The Bertz CT molecular complexity index is 193. The predicted octanol–water partition coefficient (Wildman–Crippen LogP) is 1.72. The summed E-state index contributed by atoms with van der Waals surface area (Å²) in [6.07, 6.45) is 2.22. The van der Waals surface area contributed by atoms with Crippen molar-refractivity contribution in [1.82, 2.24) is 0 Å². The molecule has 1 fully saturated rings. The van der Waals surface area contributed by atoms with Crippen molar-refractivity contribution >= 4 is 0 Å².